The molecule has 0 N–H and O–H groups in total. The summed E-state index contributed by atoms with van der Waals surface area (Å²) in [7, 11) is 1.79. The van der Waals surface area contributed by atoms with Crippen LogP contribution < -0.4 is 9.47 Å². The highest BCUT2D eigenvalue weighted by Crippen LogP contribution is 2.18. The third kappa shape index (κ3) is 5.01. The Balaban J connectivity index is 1.87. The number of aryl methyl sites for hydroxylation is 1. The van der Waals surface area contributed by atoms with Crippen LogP contribution in [0.4, 0.5) is 0 Å². The van der Waals surface area contributed by atoms with E-state index in [1.54, 1.807) is 11.9 Å². The van der Waals surface area contributed by atoms with Crippen molar-refractivity contribution >= 4 is 5.91 Å². The minimum Gasteiger partial charge on any atom is -0.494 e. The first-order valence-electron chi connectivity index (χ1n) is 8.30. The van der Waals surface area contributed by atoms with Crippen molar-refractivity contribution in [1.29, 1.82) is 0 Å². The fraction of sp³-hybridized carbons (Fsp3) is 0.350. The fourth-order valence-corrected chi connectivity index (χ4v) is 2.41. The Kier molecular flexibility index (Phi) is 6.67. The molecule has 2 rings (SSSR count). The number of para-hydroxylation sites is 1. The van der Waals surface area contributed by atoms with Crippen LogP contribution in [-0.4, -0.2) is 31.1 Å². The number of hydrogen-bond acceptors (Lipinski definition) is 3. The summed E-state index contributed by atoms with van der Waals surface area (Å²) in [6.07, 6.45) is 0.881. The molecule has 0 atom stereocenters. The van der Waals surface area contributed by atoms with Gasteiger partial charge in [0.1, 0.15) is 11.5 Å². The Bertz CT molecular complexity index is 652. The first-order valence-corrected chi connectivity index (χ1v) is 8.30. The number of likely N-dealkylation sites (N-methyl/N-ethyl adjacent to an activating group) is 1. The van der Waals surface area contributed by atoms with Gasteiger partial charge in [0, 0.05) is 13.6 Å². The zero-order chi connectivity index (χ0) is 17.4. The molecule has 0 saturated heterocycles. The lowest BCUT2D eigenvalue weighted by Gasteiger charge is -2.18. The maximum atomic E-state index is 12.3. The summed E-state index contributed by atoms with van der Waals surface area (Å²) in [5.41, 5.74) is 2.17. The van der Waals surface area contributed by atoms with Gasteiger partial charge in [-0.2, -0.15) is 0 Å². The second kappa shape index (κ2) is 8.96. The second-order valence-electron chi connectivity index (χ2n) is 5.58. The van der Waals surface area contributed by atoms with E-state index in [1.165, 1.54) is 0 Å². The molecule has 0 aliphatic heterocycles. The number of rotatable bonds is 8. The molecule has 4 heteroatoms. The first-order chi connectivity index (χ1) is 11.6. The molecular formula is C20H25NO3. The van der Waals surface area contributed by atoms with Crippen molar-refractivity contribution in [3.8, 4) is 11.5 Å². The minimum atomic E-state index is -0.0465. The average Bonchev–Trinajstić information content (AvgIpc) is 2.61. The number of nitrogens with zero attached hydrogens (tertiary/aromatic N) is 1. The highest BCUT2D eigenvalue weighted by atomic mass is 16.5. The molecule has 0 bridgehead atoms. The summed E-state index contributed by atoms with van der Waals surface area (Å²) >= 11 is 0. The van der Waals surface area contributed by atoms with Crippen LogP contribution in [0.2, 0.25) is 0 Å². The van der Waals surface area contributed by atoms with Gasteiger partial charge < -0.3 is 14.4 Å². The van der Waals surface area contributed by atoms with E-state index in [1.807, 2.05) is 55.5 Å². The van der Waals surface area contributed by atoms with E-state index >= 15 is 0 Å². The lowest BCUT2D eigenvalue weighted by Crippen LogP contribution is -2.31. The van der Waals surface area contributed by atoms with E-state index in [-0.39, 0.29) is 12.5 Å². The normalized spacial score (nSPS) is 10.3. The molecule has 0 fully saturated rings. The van der Waals surface area contributed by atoms with Gasteiger partial charge in [-0.15, -0.1) is 0 Å². The summed E-state index contributed by atoms with van der Waals surface area (Å²) < 4.78 is 11.1. The van der Waals surface area contributed by atoms with Crippen LogP contribution in [0.5, 0.6) is 11.5 Å². The van der Waals surface area contributed by atoms with Crippen molar-refractivity contribution in [2.75, 3.05) is 20.3 Å². The molecule has 1 amide bonds. The van der Waals surface area contributed by atoms with Crippen molar-refractivity contribution < 1.29 is 14.3 Å². The molecule has 2 aromatic carbocycles. The van der Waals surface area contributed by atoms with Gasteiger partial charge in [0.15, 0.2) is 6.61 Å². The summed E-state index contributed by atoms with van der Waals surface area (Å²) in [4.78, 5) is 13.9. The molecule has 0 aromatic heterocycles. The topological polar surface area (TPSA) is 38.8 Å². The van der Waals surface area contributed by atoms with Gasteiger partial charge in [0.25, 0.3) is 5.91 Å². The molecule has 0 spiro atoms. The van der Waals surface area contributed by atoms with Gasteiger partial charge >= 0.3 is 0 Å². The molecule has 128 valence electrons. The van der Waals surface area contributed by atoms with Crippen LogP contribution in [0.1, 0.15) is 25.0 Å². The quantitative estimate of drug-likeness (QED) is 0.742. The highest BCUT2D eigenvalue weighted by molar-refractivity contribution is 5.77. The van der Waals surface area contributed by atoms with Gasteiger partial charge in [-0.05, 0) is 42.7 Å². The van der Waals surface area contributed by atoms with Crippen LogP contribution in [0.15, 0.2) is 48.5 Å². The second-order valence-corrected chi connectivity index (χ2v) is 5.58. The van der Waals surface area contributed by atoms with Crippen LogP contribution in [0.3, 0.4) is 0 Å². The zero-order valence-electron chi connectivity index (χ0n) is 14.6. The summed E-state index contributed by atoms with van der Waals surface area (Å²) in [5, 5.41) is 0. The maximum Gasteiger partial charge on any atom is 0.260 e. The number of hydrogen-bond donors (Lipinski definition) is 0. The molecule has 0 saturated carbocycles. The van der Waals surface area contributed by atoms with Gasteiger partial charge in [0.05, 0.1) is 6.61 Å². The fourth-order valence-electron chi connectivity index (χ4n) is 2.41. The van der Waals surface area contributed by atoms with Crippen molar-refractivity contribution in [2.45, 2.75) is 26.8 Å². The highest BCUT2D eigenvalue weighted by Gasteiger charge is 2.11. The Morgan fingerprint density at radius 1 is 1.00 bits per heavy atom. The third-order valence-corrected chi connectivity index (χ3v) is 3.78. The van der Waals surface area contributed by atoms with Crippen molar-refractivity contribution in [1.82, 2.24) is 4.90 Å². The largest absolute Gasteiger partial charge is 0.494 e. The predicted octanol–water partition coefficient (Wildman–Crippen LogP) is 3.69. The standard InChI is InChI=1S/C20H25NO3/c1-4-17-8-6-7-9-19(17)24-15-20(22)21(3)14-16-10-12-18(13-11-16)23-5-2/h6-13H,4-5,14-15H2,1-3H3. The number of amides is 1. The van der Waals surface area contributed by atoms with Crippen LogP contribution in [0, 0.1) is 0 Å². The van der Waals surface area contributed by atoms with Crippen LogP contribution in [0.25, 0.3) is 0 Å². The van der Waals surface area contributed by atoms with E-state index in [0.29, 0.717) is 13.2 Å². The Hall–Kier alpha value is -2.49. The van der Waals surface area contributed by atoms with Crippen LogP contribution >= 0.6 is 0 Å². The Morgan fingerprint density at radius 3 is 2.38 bits per heavy atom. The number of ether oxygens (including phenoxy) is 2. The molecule has 0 aliphatic carbocycles. The monoisotopic (exact) mass is 327 g/mol. The minimum absolute atomic E-state index is 0.0462. The molecule has 2 aromatic rings. The van der Waals surface area contributed by atoms with E-state index in [2.05, 4.69) is 6.92 Å². The number of carbonyl (C=O) groups excluding carboxylic acids is 1. The van der Waals surface area contributed by atoms with Crippen molar-refractivity contribution in [2.24, 2.45) is 0 Å². The summed E-state index contributed by atoms with van der Waals surface area (Å²) in [5.74, 6) is 1.58. The SMILES string of the molecule is CCOc1ccc(CN(C)C(=O)COc2ccccc2CC)cc1. The lowest BCUT2D eigenvalue weighted by atomic mass is 10.1. The molecule has 24 heavy (non-hydrogen) atoms. The Labute approximate surface area is 144 Å². The molecule has 0 radical (unpaired) electrons. The van der Waals surface area contributed by atoms with E-state index in [4.69, 9.17) is 9.47 Å². The summed E-state index contributed by atoms with van der Waals surface area (Å²) in [6.45, 7) is 5.27. The lowest BCUT2D eigenvalue weighted by molar-refractivity contribution is -0.132. The molecule has 0 heterocycles. The number of carbonyl (C=O) groups is 1. The molecule has 4 nitrogen and oxygen atoms in total. The van der Waals surface area contributed by atoms with Crippen molar-refractivity contribution in [3.63, 3.8) is 0 Å². The maximum absolute atomic E-state index is 12.3. The van der Waals surface area contributed by atoms with E-state index in [0.717, 1.165) is 29.0 Å². The smallest absolute Gasteiger partial charge is 0.260 e. The molecule has 0 unspecified atom stereocenters. The van der Waals surface area contributed by atoms with Crippen LogP contribution in [-0.2, 0) is 17.8 Å². The zero-order valence-corrected chi connectivity index (χ0v) is 14.6. The average molecular weight is 327 g/mol. The third-order valence-electron chi connectivity index (χ3n) is 3.78. The first kappa shape index (κ1) is 17.9. The van der Waals surface area contributed by atoms with E-state index < -0.39 is 0 Å². The van der Waals surface area contributed by atoms with Gasteiger partial charge in [-0.25, -0.2) is 0 Å². The van der Waals surface area contributed by atoms with Gasteiger partial charge in [-0.1, -0.05) is 37.3 Å². The Morgan fingerprint density at radius 2 is 1.71 bits per heavy atom. The predicted molar refractivity (Wildman–Crippen MR) is 95.4 cm³/mol. The number of benzene rings is 2. The van der Waals surface area contributed by atoms with E-state index in [9.17, 15) is 4.79 Å². The van der Waals surface area contributed by atoms with Gasteiger partial charge in [0.2, 0.25) is 0 Å². The summed E-state index contributed by atoms with van der Waals surface area (Å²) in [6, 6.07) is 15.6. The van der Waals surface area contributed by atoms with Gasteiger partial charge in [-0.3, -0.25) is 4.79 Å². The van der Waals surface area contributed by atoms with Crippen molar-refractivity contribution in [3.05, 3.63) is 59.7 Å². The molecular weight excluding hydrogens is 302 g/mol. The molecule has 0 aliphatic rings.